The number of rotatable bonds is 3. The zero-order valence-corrected chi connectivity index (χ0v) is 23.8. The largest absolute Gasteiger partial charge is 0.256 e. The van der Waals surface area contributed by atoms with Gasteiger partial charge < -0.3 is 0 Å². The fourth-order valence-electron chi connectivity index (χ4n) is 7.34. The van der Waals surface area contributed by atoms with Gasteiger partial charge in [0.05, 0.1) is 5.52 Å². The SMILES string of the molecule is Cc1ccc2nccc(-c3ccc4c5c(cccc35)-c3c-4c(-c4ccccc4)c4ccccc4c3-c3ccccc3)c2c1. The normalized spacial score (nSPS) is 11.8. The summed E-state index contributed by atoms with van der Waals surface area (Å²) in [6.07, 6.45) is 1.94. The standard InChI is InChI=1S/C42H27N/c1-26-19-22-37-36(25-26)30(23-24-43-37)29-20-21-35-40-31(29)17-10-18-34(40)41-38(27-11-4-2-5-12-27)32-15-8-9-16-33(32)39(42(35)41)28-13-6-3-7-14-28/h2-25H,1H3. The van der Waals surface area contributed by atoms with Crippen molar-refractivity contribution in [3.63, 3.8) is 0 Å². The Bertz CT molecular complexity index is 2290. The van der Waals surface area contributed by atoms with Gasteiger partial charge in [-0.25, -0.2) is 0 Å². The first-order valence-electron chi connectivity index (χ1n) is 14.9. The van der Waals surface area contributed by atoms with Gasteiger partial charge in [-0.3, -0.25) is 4.98 Å². The Balaban J connectivity index is 1.46. The van der Waals surface area contributed by atoms with E-state index in [0.29, 0.717) is 0 Å². The highest BCUT2D eigenvalue weighted by Gasteiger charge is 2.31. The topological polar surface area (TPSA) is 12.9 Å². The van der Waals surface area contributed by atoms with E-state index >= 15 is 0 Å². The zero-order chi connectivity index (χ0) is 28.5. The minimum absolute atomic E-state index is 1.03. The van der Waals surface area contributed by atoms with E-state index < -0.39 is 0 Å². The van der Waals surface area contributed by atoms with Crippen LogP contribution in [0, 0.1) is 6.92 Å². The maximum absolute atomic E-state index is 4.69. The summed E-state index contributed by atoms with van der Waals surface area (Å²) in [6, 6.07) is 51.1. The van der Waals surface area contributed by atoms with Crippen molar-refractivity contribution in [3.05, 3.63) is 151 Å². The highest BCUT2D eigenvalue weighted by Crippen LogP contribution is 2.58. The molecule has 1 aliphatic carbocycles. The van der Waals surface area contributed by atoms with Crippen LogP contribution < -0.4 is 0 Å². The number of hydrogen-bond donors (Lipinski definition) is 0. The average Bonchev–Trinajstić information content (AvgIpc) is 3.39. The second-order valence-electron chi connectivity index (χ2n) is 11.5. The molecule has 0 fully saturated rings. The fraction of sp³-hybridized carbons (Fsp3) is 0.0238. The monoisotopic (exact) mass is 545 g/mol. The lowest BCUT2D eigenvalue weighted by atomic mass is 9.82. The van der Waals surface area contributed by atoms with E-state index in [1.165, 1.54) is 88.1 Å². The predicted octanol–water partition coefficient (Wildman–Crippen LogP) is 11.5. The van der Waals surface area contributed by atoms with Gasteiger partial charge >= 0.3 is 0 Å². The van der Waals surface area contributed by atoms with Crippen molar-refractivity contribution < 1.29 is 0 Å². The van der Waals surface area contributed by atoms with Crippen LogP contribution in [0.15, 0.2) is 146 Å². The molecule has 0 radical (unpaired) electrons. The van der Waals surface area contributed by atoms with Crippen LogP contribution in [0.5, 0.6) is 0 Å². The third kappa shape index (κ3) is 3.49. The highest BCUT2D eigenvalue weighted by molar-refractivity contribution is 6.29. The van der Waals surface area contributed by atoms with Crippen molar-refractivity contribution in [1.82, 2.24) is 4.98 Å². The zero-order valence-electron chi connectivity index (χ0n) is 23.8. The Morgan fingerprint density at radius 3 is 1.63 bits per heavy atom. The maximum Gasteiger partial charge on any atom is 0.0708 e. The molecule has 0 atom stereocenters. The van der Waals surface area contributed by atoms with E-state index in [0.717, 1.165) is 5.52 Å². The van der Waals surface area contributed by atoms with Crippen molar-refractivity contribution in [2.45, 2.75) is 6.92 Å². The number of aromatic nitrogens is 1. The van der Waals surface area contributed by atoms with E-state index in [9.17, 15) is 0 Å². The summed E-state index contributed by atoms with van der Waals surface area (Å²) in [6.45, 7) is 2.15. The van der Waals surface area contributed by atoms with Gasteiger partial charge in [0.15, 0.2) is 0 Å². The van der Waals surface area contributed by atoms with Crippen LogP contribution in [-0.2, 0) is 0 Å². The first-order valence-corrected chi connectivity index (χ1v) is 14.9. The van der Waals surface area contributed by atoms with Crippen molar-refractivity contribution in [1.29, 1.82) is 0 Å². The van der Waals surface area contributed by atoms with E-state index in [2.05, 4.69) is 146 Å². The lowest BCUT2D eigenvalue weighted by Crippen LogP contribution is -1.93. The van der Waals surface area contributed by atoms with E-state index in [1.54, 1.807) is 0 Å². The third-order valence-electron chi connectivity index (χ3n) is 9.11. The lowest BCUT2D eigenvalue weighted by Gasteiger charge is -2.20. The molecule has 8 aromatic rings. The summed E-state index contributed by atoms with van der Waals surface area (Å²) in [7, 11) is 0. The molecule has 9 rings (SSSR count). The molecule has 1 aromatic heterocycles. The molecule has 0 spiro atoms. The summed E-state index contributed by atoms with van der Waals surface area (Å²) in [4.78, 5) is 4.69. The molecule has 1 heteroatoms. The second-order valence-corrected chi connectivity index (χ2v) is 11.5. The van der Waals surface area contributed by atoms with E-state index in [4.69, 9.17) is 4.98 Å². The molecular formula is C42H27N. The third-order valence-corrected chi connectivity index (χ3v) is 9.11. The molecule has 0 aliphatic heterocycles. The Kier molecular flexibility index (Phi) is 5.18. The molecular weight excluding hydrogens is 518 g/mol. The molecule has 0 saturated carbocycles. The van der Waals surface area contributed by atoms with E-state index in [-0.39, 0.29) is 0 Å². The lowest BCUT2D eigenvalue weighted by molar-refractivity contribution is 1.39. The van der Waals surface area contributed by atoms with Crippen molar-refractivity contribution in [2.75, 3.05) is 0 Å². The highest BCUT2D eigenvalue weighted by atomic mass is 14.6. The molecule has 1 heterocycles. The van der Waals surface area contributed by atoms with Crippen LogP contribution in [0.3, 0.4) is 0 Å². The van der Waals surface area contributed by atoms with Crippen LogP contribution in [-0.4, -0.2) is 4.98 Å². The summed E-state index contributed by atoms with van der Waals surface area (Å²) < 4.78 is 0. The van der Waals surface area contributed by atoms with Gasteiger partial charge in [0.25, 0.3) is 0 Å². The first kappa shape index (κ1) is 24.1. The molecule has 7 aromatic carbocycles. The molecule has 43 heavy (non-hydrogen) atoms. The molecule has 1 nitrogen and oxygen atoms in total. The first-order chi connectivity index (χ1) is 21.3. The summed E-state index contributed by atoms with van der Waals surface area (Å²) >= 11 is 0. The van der Waals surface area contributed by atoms with Crippen LogP contribution in [0.1, 0.15) is 5.56 Å². The molecule has 1 aliphatic rings. The van der Waals surface area contributed by atoms with Gasteiger partial charge in [0.2, 0.25) is 0 Å². The van der Waals surface area contributed by atoms with Gasteiger partial charge in [0, 0.05) is 11.6 Å². The minimum Gasteiger partial charge on any atom is -0.256 e. The Morgan fingerprint density at radius 1 is 0.395 bits per heavy atom. The predicted molar refractivity (Wildman–Crippen MR) is 182 cm³/mol. The molecule has 0 N–H and O–H groups in total. The number of hydrogen-bond acceptors (Lipinski definition) is 1. The van der Waals surface area contributed by atoms with Crippen molar-refractivity contribution in [2.24, 2.45) is 0 Å². The smallest absolute Gasteiger partial charge is 0.0708 e. The molecule has 0 amide bonds. The van der Waals surface area contributed by atoms with E-state index in [1.807, 2.05) is 6.20 Å². The Hall–Kier alpha value is -5.53. The molecule has 0 saturated heterocycles. The fourth-order valence-corrected chi connectivity index (χ4v) is 7.34. The van der Waals surface area contributed by atoms with Crippen LogP contribution in [0.25, 0.3) is 88.1 Å². The van der Waals surface area contributed by atoms with Gasteiger partial charge in [-0.05, 0) is 102 Å². The summed E-state index contributed by atoms with van der Waals surface area (Å²) in [5.74, 6) is 0. The van der Waals surface area contributed by atoms with Gasteiger partial charge in [-0.2, -0.15) is 0 Å². The number of aryl methyl sites for hydroxylation is 1. The quantitative estimate of drug-likeness (QED) is 0.215. The average molecular weight is 546 g/mol. The number of pyridine rings is 1. The molecule has 200 valence electrons. The number of fused-ring (bicyclic) bond motifs is 5. The summed E-state index contributed by atoms with van der Waals surface area (Å²) in [5, 5.41) is 6.37. The number of nitrogens with zero attached hydrogens (tertiary/aromatic N) is 1. The van der Waals surface area contributed by atoms with Crippen molar-refractivity contribution in [3.8, 4) is 55.6 Å². The minimum atomic E-state index is 1.03. The van der Waals surface area contributed by atoms with Gasteiger partial charge in [-0.1, -0.05) is 127 Å². The Morgan fingerprint density at radius 2 is 0.953 bits per heavy atom. The second kappa shape index (κ2) is 9.24. The number of benzene rings is 7. The van der Waals surface area contributed by atoms with Crippen molar-refractivity contribution >= 4 is 32.4 Å². The van der Waals surface area contributed by atoms with Gasteiger partial charge in [0.1, 0.15) is 0 Å². The molecule has 0 bridgehead atoms. The Labute approximate surface area is 250 Å². The van der Waals surface area contributed by atoms with Crippen LogP contribution >= 0.6 is 0 Å². The van der Waals surface area contributed by atoms with Crippen LogP contribution in [0.2, 0.25) is 0 Å². The van der Waals surface area contributed by atoms with Crippen LogP contribution in [0.4, 0.5) is 0 Å². The van der Waals surface area contributed by atoms with Gasteiger partial charge in [-0.15, -0.1) is 0 Å². The summed E-state index contributed by atoms with van der Waals surface area (Å²) in [5.41, 5.74) is 15.1. The maximum atomic E-state index is 4.69. The molecule has 0 unspecified atom stereocenters.